The van der Waals surface area contributed by atoms with Gasteiger partial charge in [-0.05, 0) is 32.7 Å². The third-order valence-corrected chi connectivity index (χ3v) is 2.95. The number of hydrogen-bond acceptors (Lipinski definition) is 5. The molecule has 0 fully saturated rings. The van der Waals surface area contributed by atoms with E-state index in [4.69, 9.17) is 9.26 Å². The van der Waals surface area contributed by atoms with Crippen molar-refractivity contribution in [3.05, 3.63) is 11.7 Å². The molecule has 0 aromatic carbocycles. The maximum Gasteiger partial charge on any atom is 0.246 e. The van der Waals surface area contributed by atoms with E-state index < -0.39 is 0 Å². The third kappa shape index (κ3) is 4.01. The fourth-order valence-corrected chi connectivity index (χ4v) is 1.99. The normalized spacial score (nSPS) is 14.7. The summed E-state index contributed by atoms with van der Waals surface area (Å²) >= 11 is 0. The Hall–Kier alpha value is -0.940. The van der Waals surface area contributed by atoms with Gasteiger partial charge in [-0.15, -0.1) is 0 Å². The van der Waals surface area contributed by atoms with Gasteiger partial charge in [0.1, 0.15) is 6.10 Å². The van der Waals surface area contributed by atoms with Crippen molar-refractivity contribution in [2.75, 3.05) is 13.2 Å². The first kappa shape index (κ1) is 16.1. The molecule has 0 radical (unpaired) electrons. The molecule has 5 nitrogen and oxygen atoms in total. The zero-order valence-corrected chi connectivity index (χ0v) is 13.2. The summed E-state index contributed by atoms with van der Waals surface area (Å²) in [7, 11) is 0. The lowest BCUT2D eigenvalue weighted by Crippen LogP contribution is -2.36. The van der Waals surface area contributed by atoms with Crippen molar-refractivity contribution in [3.8, 4) is 0 Å². The van der Waals surface area contributed by atoms with E-state index in [9.17, 15) is 0 Å². The third-order valence-electron chi connectivity index (χ3n) is 2.95. The molecule has 1 N–H and O–H groups in total. The van der Waals surface area contributed by atoms with E-state index in [1.54, 1.807) is 0 Å². The highest BCUT2D eigenvalue weighted by Crippen LogP contribution is 2.35. The predicted octanol–water partition coefficient (Wildman–Crippen LogP) is 3.04. The first-order valence-electron chi connectivity index (χ1n) is 6.93. The second kappa shape index (κ2) is 6.01. The summed E-state index contributed by atoms with van der Waals surface area (Å²) in [5.41, 5.74) is -0.395. The molecule has 1 heterocycles. The molecular formula is C14H27N3O2. The number of nitrogens with zero attached hydrogens (tertiary/aromatic N) is 2. The Bertz CT molecular complexity index is 394. The van der Waals surface area contributed by atoms with Gasteiger partial charge >= 0.3 is 0 Å². The van der Waals surface area contributed by atoms with Crippen molar-refractivity contribution in [1.82, 2.24) is 15.5 Å². The Balaban J connectivity index is 2.99. The lowest BCUT2D eigenvalue weighted by atomic mass is 9.88. The summed E-state index contributed by atoms with van der Waals surface area (Å²) in [5, 5.41) is 7.42. The molecule has 1 aromatic heterocycles. The Morgan fingerprint density at radius 3 is 2.32 bits per heavy atom. The Labute approximate surface area is 116 Å². The molecule has 0 saturated carbocycles. The monoisotopic (exact) mass is 269 g/mol. The minimum atomic E-state index is -0.325. The quantitative estimate of drug-likeness (QED) is 0.860. The highest BCUT2D eigenvalue weighted by molar-refractivity contribution is 5.03. The van der Waals surface area contributed by atoms with E-state index in [0.717, 1.165) is 6.54 Å². The summed E-state index contributed by atoms with van der Waals surface area (Å²) in [4.78, 5) is 4.52. The van der Waals surface area contributed by atoms with Crippen LogP contribution < -0.4 is 5.32 Å². The molecule has 0 aliphatic carbocycles. The van der Waals surface area contributed by atoms with Crippen LogP contribution in [0.25, 0.3) is 0 Å². The van der Waals surface area contributed by atoms with Crippen LogP contribution in [-0.4, -0.2) is 23.3 Å². The van der Waals surface area contributed by atoms with Crippen molar-refractivity contribution in [2.45, 2.75) is 60.1 Å². The summed E-state index contributed by atoms with van der Waals surface area (Å²) < 4.78 is 11.2. The maximum absolute atomic E-state index is 5.77. The van der Waals surface area contributed by atoms with Crippen LogP contribution in [0.4, 0.5) is 0 Å². The molecule has 0 amide bonds. The summed E-state index contributed by atoms with van der Waals surface area (Å²) in [6.45, 7) is 15.9. The van der Waals surface area contributed by atoms with Crippen LogP contribution in [0.5, 0.6) is 0 Å². The van der Waals surface area contributed by atoms with Crippen LogP contribution in [0.15, 0.2) is 4.52 Å². The summed E-state index contributed by atoms with van der Waals surface area (Å²) in [6, 6.07) is 0. The standard InChI is InChI=1S/C14H27N3O2/c1-8-15-14(6,7)12-16-11(17-19-12)10(18-9-2)13(3,4)5/h10,15H,8-9H2,1-7H3. The largest absolute Gasteiger partial charge is 0.370 e. The van der Waals surface area contributed by atoms with E-state index in [-0.39, 0.29) is 17.1 Å². The fraction of sp³-hybridized carbons (Fsp3) is 0.857. The minimum absolute atomic E-state index is 0.0700. The molecule has 1 atom stereocenters. The minimum Gasteiger partial charge on any atom is -0.370 e. The van der Waals surface area contributed by atoms with Gasteiger partial charge in [0, 0.05) is 6.61 Å². The van der Waals surface area contributed by atoms with E-state index in [1.165, 1.54) is 0 Å². The molecule has 0 saturated heterocycles. The second-order valence-corrected chi connectivity index (χ2v) is 6.31. The number of aromatic nitrogens is 2. The lowest BCUT2D eigenvalue weighted by molar-refractivity contribution is -0.0203. The van der Waals surface area contributed by atoms with Crippen LogP contribution >= 0.6 is 0 Å². The van der Waals surface area contributed by atoms with Crippen molar-refractivity contribution in [3.63, 3.8) is 0 Å². The van der Waals surface area contributed by atoms with Gasteiger partial charge in [0.05, 0.1) is 5.54 Å². The Morgan fingerprint density at radius 1 is 1.21 bits per heavy atom. The van der Waals surface area contributed by atoms with Crippen LogP contribution in [0, 0.1) is 5.41 Å². The number of rotatable bonds is 6. The van der Waals surface area contributed by atoms with Gasteiger partial charge in [-0.25, -0.2) is 0 Å². The molecule has 0 aliphatic rings. The molecule has 1 unspecified atom stereocenters. The first-order chi connectivity index (χ1) is 8.72. The molecule has 110 valence electrons. The predicted molar refractivity (Wildman–Crippen MR) is 74.8 cm³/mol. The average molecular weight is 269 g/mol. The molecule has 5 heteroatoms. The van der Waals surface area contributed by atoms with E-state index in [2.05, 4.69) is 43.2 Å². The van der Waals surface area contributed by atoms with Gasteiger partial charge in [0.25, 0.3) is 0 Å². The lowest BCUT2D eigenvalue weighted by Gasteiger charge is -2.27. The van der Waals surface area contributed by atoms with Gasteiger partial charge < -0.3 is 14.6 Å². The molecule has 1 aromatic rings. The van der Waals surface area contributed by atoms with Crippen molar-refractivity contribution < 1.29 is 9.26 Å². The van der Waals surface area contributed by atoms with Crippen molar-refractivity contribution in [1.29, 1.82) is 0 Å². The molecule has 0 spiro atoms. The van der Waals surface area contributed by atoms with Crippen LogP contribution in [0.1, 0.15) is 66.3 Å². The smallest absolute Gasteiger partial charge is 0.246 e. The van der Waals surface area contributed by atoms with Gasteiger partial charge in [0.15, 0.2) is 0 Å². The van der Waals surface area contributed by atoms with E-state index >= 15 is 0 Å². The zero-order chi connectivity index (χ0) is 14.7. The first-order valence-corrected chi connectivity index (χ1v) is 6.93. The van der Waals surface area contributed by atoms with Crippen LogP contribution in [0.2, 0.25) is 0 Å². The highest BCUT2D eigenvalue weighted by atomic mass is 16.5. The van der Waals surface area contributed by atoms with Gasteiger partial charge in [-0.2, -0.15) is 4.98 Å². The van der Waals surface area contributed by atoms with Crippen LogP contribution in [-0.2, 0) is 10.3 Å². The number of nitrogens with one attached hydrogen (secondary N) is 1. The maximum atomic E-state index is 5.77. The number of hydrogen-bond donors (Lipinski definition) is 1. The summed E-state index contributed by atoms with van der Waals surface area (Å²) in [5.74, 6) is 1.22. The van der Waals surface area contributed by atoms with E-state index in [0.29, 0.717) is 18.3 Å². The van der Waals surface area contributed by atoms with Gasteiger partial charge in [-0.1, -0.05) is 32.9 Å². The molecule has 0 bridgehead atoms. The highest BCUT2D eigenvalue weighted by Gasteiger charge is 2.34. The van der Waals surface area contributed by atoms with Crippen molar-refractivity contribution >= 4 is 0 Å². The fourth-order valence-electron chi connectivity index (χ4n) is 1.99. The van der Waals surface area contributed by atoms with Crippen LogP contribution in [0.3, 0.4) is 0 Å². The van der Waals surface area contributed by atoms with Gasteiger partial charge in [-0.3, -0.25) is 0 Å². The molecule has 1 rings (SSSR count). The number of ether oxygens (including phenoxy) is 1. The SMILES string of the molecule is CCNC(C)(C)c1nc(C(OCC)C(C)(C)C)no1. The summed E-state index contributed by atoms with van der Waals surface area (Å²) in [6.07, 6.45) is -0.160. The Morgan fingerprint density at radius 2 is 1.84 bits per heavy atom. The van der Waals surface area contributed by atoms with Crippen molar-refractivity contribution in [2.24, 2.45) is 5.41 Å². The topological polar surface area (TPSA) is 60.2 Å². The Kier molecular flexibility index (Phi) is 5.10. The second-order valence-electron chi connectivity index (χ2n) is 6.31. The molecule has 19 heavy (non-hydrogen) atoms. The van der Waals surface area contributed by atoms with Gasteiger partial charge in [0.2, 0.25) is 11.7 Å². The molecular weight excluding hydrogens is 242 g/mol. The average Bonchev–Trinajstić information content (AvgIpc) is 2.73. The zero-order valence-electron chi connectivity index (χ0n) is 13.2. The molecule has 0 aliphatic heterocycles. The van der Waals surface area contributed by atoms with E-state index in [1.807, 2.05) is 20.8 Å².